The van der Waals surface area contributed by atoms with Gasteiger partial charge in [0.1, 0.15) is 11.2 Å². The lowest BCUT2D eigenvalue weighted by Crippen LogP contribution is -2.57. The molecule has 0 fully saturated rings. The highest BCUT2D eigenvalue weighted by Crippen LogP contribution is 2.52. The van der Waals surface area contributed by atoms with Gasteiger partial charge in [0.15, 0.2) is 0 Å². The number of hydrogen-bond donors (Lipinski definition) is 0. The third-order valence-corrected chi connectivity index (χ3v) is 20.5. The molecule has 0 spiro atoms. The fourth-order valence-corrected chi connectivity index (χ4v) is 16.9. The molecule has 6 nitrogen and oxygen atoms in total. The van der Waals surface area contributed by atoms with Crippen molar-refractivity contribution in [2.24, 2.45) is 0 Å². The summed E-state index contributed by atoms with van der Waals surface area (Å²) in [5.74, 6) is 0. The molecule has 4 aromatic heterocycles. The molecule has 402 valence electrons. The van der Waals surface area contributed by atoms with Crippen molar-refractivity contribution in [2.45, 2.75) is 0 Å². The summed E-state index contributed by atoms with van der Waals surface area (Å²) >= 11 is 0. The molecule has 8 heteroatoms. The van der Waals surface area contributed by atoms with Crippen molar-refractivity contribution in [3.05, 3.63) is 267 Å². The summed E-state index contributed by atoms with van der Waals surface area (Å²) in [6, 6.07) is 95.9. The third-order valence-electron chi connectivity index (χ3n) is 20.5. The molecule has 0 saturated heterocycles. The van der Waals surface area contributed by atoms with Gasteiger partial charge in [-0.3, -0.25) is 0 Å². The molecular formula is C80H44B2N4O2. The zero-order chi connectivity index (χ0) is 56.8. The fourth-order valence-electron chi connectivity index (χ4n) is 16.9. The highest BCUT2D eigenvalue weighted by molar-refractivity contribution is 6.92. The number of rotatable bonds is 3. The number of furan rings is 2. The Labute approximate surface area is 503 Å². The number of aromatic nitrogens is 2. The molecule has 0 unspecified atom stereocenters. The molecule has 4 aliphatic rings. The maximum Gasteiger partial charge on any atom is 0.333 e. The molecule has 0 amide bonds. The minimum Gasteiger partial charge on any atom is -0.464 e. The minimum atomic E-state index is -0.132. The molecule has 0 bridgehead atoms. The van der Waals surface area contributed by atoms with Gasteiger partial charge < -0.3 is 27.6 Å². The van der Waals surface area contributed by atoms with E-state index in [0.717, 1.165) is 61.2 Å². The molecule has 0 atom stereocenters. The van der Waals surface area contributed by atoms with E-state index in [1.165, 1.54) is 137 Å². The zero-order valence-electron chi connectivity index (χ0n) is 47.2. The van der Waals surface area contributed by atoms with Gasteiger partial charge in [-0.25, -0.2) is 0 Å². The van der Waals surface area contributed by atoms with Gasteiger partial charge in [0.05, 0.1) is 23.9 Å². The van der Waals surface area contributed by atoms with Crippen molar-refractivity contribution >= 4 is 178 Å². The van der Waals surface area contributed by atoms with E-state index < -0.39 is 0 Å². The van der Waals surface area contributed by atoms with E-state index in [-0.39, 0.29) is 13.7 Å². The van der Waals surface area contributed by atoms with Crippen LogP contribution in [-0.4, -0.2) is 22.7 Å². The van der Waals surface area contributed by atoms with Crippen LogP contribution in [0.4, 0.5) is 34.1 Å². The lowest BCUT2D eigenvalue weighted by atomic mass is 9.44. The second-order valence-electron chi connectivity index (χ2n) is 24.7. The second kappa shape index (κ2) is 16.3. The minimum absolute atomic E-state index is 0.0864. The Hall–Kier alpha value is -11.5. The van der Waals surface area contributed by atoms with Crippen LogP contribution in [0.25, 0.3) is 142 Å². The second-order valence-corrected chi connectivity index (χ2v) is 24.7. The van der Waals surface area contributed by atoms with Gasteiger partial charge in [-0.05, 0) is 178 Å². The van der Waals surface area contributed by atoms with Crippen LogP contribution in [0.15, 0.2) is 276 Å². The van der Waals surface area contributed by atoms with Crippen molar-refractivity contribution in [1.29, 1.82) is 0 Å². The fraction of sp³-hybridized carbons (Fsp3) is 0. The number of nitrogens with zero attached hydrogens (tertiary/aromatic N) is 4. The number of benzene rings is 14. The smallest absolute Gasteiger partial charge is 0.333 e. The Morgan fingerprint density at radius 2 is 0.830 bits per heavy atom. The van der Waals surface area contributed by atoms with Gasteiger partial charge in [-0.15, -0.1) is 0 Å². The molecule has 0 N–H and O–H groups in total. The summed E-state index contributed by atoms with van der Waals surface area (Å²) in [5.41, 5.74) is 25.9. The van der Waals surface area contributed by atoms with Gasteiger partial charge in [0.2, 0.25) is 0 Å². The van der Waals surface area contributed by atoms with Crippen molar-refractivity contribution < 1.29 is 8.83 Å². The van der Waals surface area contributed by atoms with Crippen LogP contribution in [0.2, 0.25) is 0 Å². The van der Waals surface area contributed by atoms with Crippen LogP contribution < -0.4 is 31.7 Å². The maximum absolute atomic E-state index is 6.57. The van der Waals surface area contributed by atoms with Gasteiger partial charge >= 0.3 is 13.7 Å². The first-order valence-corrected chi connectivity index (χ1v) is 30.5. The first-order valence-electron chi connectivity index (χ1n) is 30.5. The quantitative estimate of drug-likeness (QED) is 0.165. The van der Waals surface area contributed by atoms with Crippen LogP contribution in [0.5, 0.6) is 0 Å². The zero-order valence-corrected chi connectivity index (χ0v) is 47.2. The van der Waals surface area contributed by atoms with Gasteiger partial charge in [0.25, 0.3) is 0 Å². The van der Waals surface area contributed by atoms with Crippen molar-refractivity contribution in [1.82, 2.24) is 8.96 Å². The topological polar surface area (TPSA) is 42.6 Å². The van der Waals surface area contributed by atoms with Crippen LogP contribution >= 0.6 is 0 Å². The summed E-state index contributed by atoms with van der Waals surface area (Å²) in [4.78, 5) is 5.09. The monoisotopic (exact) mass is 1110 g/mol. The molecule has 0 aliphatic carbocycles. The predicted octanol–water partition coefficient (Wildman–Crippen LogP) is 18.5. The Kier molecular flexibility index (Phi) is 8.49. The van der Waals surface area contributed by atoms with Gasteiger partial charge in [0, 0.05) is 88.3 Å². The molecule has 8 heterocycles. The number of anilines is 6. The van der Waals surface area contributed by atoms with Crippen LogP contribution in [-0.2, 0) is 0 Å². The van der Waals surface area contributed by atoms with Crippen LogP contribution in [0.3, 0.4) is 0 Å². The molecule has 22 rings (SSSR count). The number of para-hydroxylation sites is 3. The number of hydrogen-bond acceptors (Lipinski definition) is 4. The molecule has 4 aliphatic heterocycles. The predicted molar refractivity (Wildman–Crippen MR) is 369 cm³/mol. The third kappa shape index (κ3) is 5.72. The van der Waals surface area contributed by atoms with Crippen molar-refractivity contribution in [3.63, 3.8) is 0 Å². The molecular weight excluding hydrogens is 1070 g/mol. The van der Waals surface area contributed by atoms with E-state index in [1.807, 2.05) is 12.5 Å². The van der Waals surface area contributed by atoms with Crippen molar-refractivity contribution in [3.8, 4) is 33.4 Å². The normalized spacial score (nSPS) is 13.6. The summed E-state index contributed by atoms with van der Waals surface area (Å²) in [7, 11) is 0. The lowest BCUT2D eigenvalue weighted by molar-refractivity contribution is 0.616. The van der Waals surface area contributed by atoms with Gasteiger partial charge in [-0.1, -0.05) is 164 Å². The first kappa shape index (κ1) is 45.9. The van der Waals surface area contributed by atoms with E-state index in [9.17, 15) is 0 Å². The molecule has 14 aromatic carbocycles. The van der Waals surface area contributed by atoms with E-state index in [1.54, 1.807) is 0 Å². The highest BCUT2D eigenvalue weighted by Gasteiger charge is 2.47. The van der Waals surface area contributed by atoms with E-state index in [2.05, 4.69) is 274 Å². The average Bonchev–Trinajstić information content (AvgIpc) is 1.34. The Morgan fingerprint density at radius 3 is 1.58 bits per heavy atom. The number of fused-ring (bicyclic) bond motifs is 23. The van der Waals surface area contributed by atoms with E-state index in [0.29, 0.717) is 0 Å². The summed E-state index contributed by atoms with van der Waals surface area (Å²) < 4.78 is 18.4. The highest BCUT2D eigenvalue weighted by atomic mass is 16.3. The van der Waals surface area contributed by atoms with Crippen LogP contribution in [0.1, 0.15) is 0 Å². The molecule has 0 radical (unpaired) electrons. The molecule has 0 saturated carbocycles. The Bertz CT molecular complexity index is 6260. The van der Waals surface area contributed by atoms with E-state index in [4.69, 9.17) is 8.83 Å². The van der Waals surface area contributed by atoms with Crippen molar-refractivity contribution in [2.75, 3.05) is 9.80 Å². The maximum atomic E-state index is 6.57. The Morgan fingerprint density at radius 1 is 0.284 bits per heavy atom. The Balaban J connectivity index is 0.784. The standard InChI is InChI=1S/C80H44B2N4O2/c1-2-14-48-37-54(29-26-45(48)12-1)83-70-31-28-47-13-5-6-17-56(47)74(70)82-76-64(44-73-62(80(76)83)33-35-88-73)66-40-53(39-65-58-19-8-10-23-69(58)86(82)78(65)66)51-25-24-46-27-30-55(38-52(46)36-51)84-71-42-50-16-4-3-15-49(50)41-67(71)81-75-63(43-72-61(79(75)84)32-34-87-72)60-21-11-20-59-57-18-7-9-22-68(57)85(81)77(59)60/h1-44H. The van der Waals surface area contributed by atoms with Crippen LogP contribution in [0, 0.1) is 0 Å². The first-order chi connectivity index (χ1) is 43.6. The lowest BCUT2D eigenvalue weighted by Gasteiger charge is -2.41. The van der Waals surface area contributed by atoms with Gasteiger partial charge in [-0.2, -0.15) is 0 Å². The summed E-state index contributed by atoms with van der Waals surface area (Å²) in [5, 5.41) is 16.9. The largest absolute Gasteiger partial charge is 0.464 e. The van der Waals surface area contributed by atoms with E-state index >= 15 is 0 Å². The molecule has 88 heavy (non-hydrogen) atoms. The summed E-state index contributed by atoms with van der Waals surface area (Å²) in [6.07, 6.45) is 3.74. The average molecular weight is 1110 g/mol. The molecule has 18 aromatic rings. The summed E-state index contributed by atoms with van der Waals surface area (Å²) in [6.45, 7) is -0.219. The SMILES string of the molecule is c1ccc2cc(N3c4ccc5ccccc5c4B4c5c(cc6occc6c53)-c3cc(-c5ccc6ccc(N7c8cc9ccccc9cc8B8c9c(cc%10occc%10c97)-c7cccc9c%10ccccc%10n8c79)cc6c5)cc5c6ccccc6n4c35)ccc2c1.